The predicted molar refractivity (Wildman–Crippen MR) is 105 cm³/mol. The van der Waals surface area contributed by atoms with Gasteiger partial charge < -0.3 is 19.9 Å². The topological polar surface area (TPSA) is 90.7 Å². The van der Waals surface area contributed by atoms with Gasteiger partial charge >= 0.3 is 0 Å². The molecule has 2 fully saturated rings. The molecule has 1 aliphatic heterocycles. The lowest BCUT2D eigenvalue weighted by Crippen LogP contribution is -2.56. The van der Waals surface area contributed by atoms with Gasteiger partial charge in [-0.3, -0.25) is 14.5 Å². The number of carbonyl (C=O) groups is 2. The van der Waals surface area contributed by atoms with Crippen LogP contribution in [-0.4, -0.2) is 81.1 Å². The van der Waals surface area contributed by atoms with E-state index in [1.54, 1.807) is 11.9 Å². The van der Waals surface area contributed by atoms with E-state index >= 15 is 0 Å². The summed E-state index contributed by atoms with van der Waals surface area (Å²) >= 11 is 0. The summed E-state index contributed by atoms with van der Waals surface area (Å²) in [6.45, 7) is 3.75. The molecule has 1 aromatic heterocycles. The number of nitrogens with one attached hydrogen (secondary N) is 1. The molecule has 4 rings (SSSR count). The van der Waals surface area contributed by atoms with E-state index in [1.165, 1.54) is 0 Å². The average Bonchev–Trinajstić information content (AvgIpc) is 3.21. The Morgan fingerprint density at radius 3 is 2.93 bits per heavy atom. The first-order chi connectivity index (χ1) is 13.5. The number of aromatic nitrogens is 2. The molecule has 0 spiro atoms. The van der Waals surface area contributed by atoms with Crippen molar-refractivity contribution in [1.82, 2.24) is 24.7 Å². The number of rotatable bonds is 4. The highest BCUT2D eigenvalue weighted by Gasteiger charge is 2.42. The van der Waals surface area contributed by atoms with E-state index in [4.69, 9.17) is 0 Å². The number of aliphatic hydroxyl groups is 1. The number of aryl methyl sites for hydroxylation is 1. The van der Waals surface area contributed by atoms with E-state index in [0.717, 1.165) is 36.2 Å². The lowest BCUT2D eigenvalue weighted by molar-refractivity contribution is -0.135. The van der Waals surface area contributed by atoms with Crippen LogP contribution in [0.25, 0.3) is 11.0 Å². The minimum absolute atomic E-state index is 0.00575. The zero-order valence-electron chi connectivity index (χ0n) is 16.3. The normalized spacial score (nSPS) is 25.8. The molecule has 0 unspecified atom stereocenters. The van der Waals surface area contributed by atoms with Gasteiger partial charge in [-0.05, 0) is 31.9 Å². The van der Waals surface area contributed by atoms with Gasteiger partial charge in [0, 0.05) is 26.2 Å². The summed E-state index contributed by atoms with van der Waals surface area (Å²) < 4.78 is 1.92. The van der Waals surface area contributed by atoms with Crippen molar-refractivity contribution in [3.8, 4) is 0 Å². The van der Waals surface area contributed by atoms with E-state index in [1.807, 2.05) is 40.7 Å². The van der Waals surface area contributed by atoms with Gasteiger partial charge in [0.1, 0.15) is 12.4 Å². The fourth-order valence-electron chi connectivity index (χ4n) is 4.53. The average molecular weight is 385 g/mol. The van der Waals surface area contributed by atoms with Crippen molar-refractivity contribution >= 4 is 22.8 Å². The molecule has 1 aliphatic carbocycles. The highest BCUT2D eigenvalue weighted by atomic mass is 16.3. The maximum Gasteiger partial charge on any atom is 0.242 e. The number of carbonyl (C=O) groups excluding carboxylic acids is 2. The summed E-state index contributed by atoms with van der Waals surface area (Å²) in [6.07, 6.45) is 0.861. The van der Waals surface area contributed by atoms with Gasteiger partial charge in [0.2, 0.25) is 11.8 Å². The van der Waals surface area contributed by atoms with Crippen LogP contribution >= 0.6 is 0 Å². The Hall–Kier alpha value is -2.45. The van der Waals surface area contributed by atoms with Crippen LogP contribution in [0.15, 0.2) is 24.3 Å². The number of benzene rings is 1. The van der Waals surface area contributed by atoms with E-state index in [9.17, 15) is 14.7 Å². The second kappa shape index (κ2) is 7.52. The van der Waals surface area contributed by atoms with Crippen molar-refractivity contribution in [3.63, 3.8) is 0 Å². The van der Waals surface area contributed by atoms with Crippen LogP contribution < -0.4 is 5.32 Å². The van der Waals surface area contributed by atoms with E-state index in [-0.39, 0.29) is 30.4 Å². The van der Waals surface area contributed by atoms with E-state index in [2.05, 4.69) is 10.3 Å². The zero-order valence-corrected chi connectivity index (χ0v) is 16.3. The van der Waals surface area contributed by atoms with Crippen molar-refractivity contribution < 1.29 is 14.7 Å². The van der Waals surface area contributed by atoms with Crippen LogP contribution in [0.1, 0.15) is 18.7 Å². The molecule has 2 aliphatic rings. The molecule has 1 saturated heterocycles. The molecule has 8 heteroatoms. The van der Waals surface area contributed by atoms with Crippen LogP contribution in [0.2, 0.25) is 0 Å². The Morgan fingerprint density at radius 1 is 1.36 bits per heavy atom. The maximum atomic E-state index is 13.0. The molecule has 1 saturated carbocycles. The molecule has 2 N–H and O–H groups in total. The molecule has 1 aromatic carbocycles. The molecule has 2 aromatic rings. The third kappa shape index (κ3) is 3.38. The summed E-state index contributed by atoms with van der Waals surface area (Å²) in [5.41, 5.74) is 1.81. The number of imidazole rings is 1. The standard InChI is InChI=1S/C20H27N5O3/c1-13-22-14-5-3-4-6-15(14)25(13)12-19(27)23(2)16-7-8-17(20(16)28)24-10-9-21-18(26)11-24/h3-6,16-17,20,28H,7-12H2,1-2H3,(H,21,26)/t16-,17-,20-/m1/s1. The lowest BCUT2D eigenvalue weighted by Gasteiger charge is -2.36. The predicted octanol–water partition coefficient (Wildman–Crippen LogP) is 0.127. The zero-order chi connectivity index (χ0) is 19.8. The Balaban J connectivity index is 1.45. The third-order valence-electron chi connectivity index (χ3n) is 6.11. The van der Waals surface area contributed by atoms with Gasteiger partial charge in [-0.15, -0.1) is 0 Å². The SMILES string of the molecule is Cc1nc2ccccc2n1CC(=O)N(C)[C@@H]1CC[C@@H](N2CCNC(=O)C2)[C@@H]1O. The monoisotopic (exact) mass is 385 g/mol. The van der Waals surface area contributed by atoms with Crippen LogP contribution in [0.4, 0.5) is 0 Å². The molecule has 2 amide bonds. The quantitative estimate of drug-likeness (QED) is 0.781. The summed E-state index contributed by atoms with van der Waals surface area (Å²) in [5, 5.41) is 13.7. The molecule has 0 radical (unpaired) electrons. The lowest BCUT2D eigenvalue weighted by atomic mass is 10.1. The van der Waals surface area contributed by atoms with Gasteiger partial charge in [0.05, 0.1) is 29.7 Å². The minimum Gasteiger partial charge on any atom is -0.389 e. The number of fused-ring (bicyclic) bond motifs is 1. The molecule has 0 bridgehead atoms. The fourth-order valence-corrected chi connectivity index (χ4v) is 4.53. The molecular weight excluding hydrogens is 358 g/mol. The van der Waals surface area contributed by atoms with Gasteiger partial charge in [-0.1, -0.05) is 12.1 Å². The van der Waals surface area contributed by atoms with Gasteiger partial charge in [-0.25, -0.2) is 4.98 Å². The fraction of sp³-hybridized carbons (Fsp3) is 0.550. The van der Waals surface area contributed by atoms with Gasteiger partial charge in [0.25, 0.3) is 0 Å². The number of nitrogens with zero attached hydrogens (tertiary/aromatic N) is 4. The van der Waals surface area contributed by atoms with Crippen LogP contribution in [0.5, 0.6) is 0 Å². The summed E-state index contributed by atoms with van der Waals surface area (Å²) in [5.74, 6) is 0.744. The van der Waals surface area contributed by atoms with Crippen molar-refractivity contribution in [2.24, 2.45) is 0 Å². The highest BCUT2D eigenvalue weighted by molar-refractivity contribution is 5.81. The first-order valence-corrected chi connectivity index (χ1v) is 9.82. The van der Waals surface area contributed by atoms with Crippen molar-refractivity contribution in [1.29, 1.82) is 0 Å². The van der Waals surface area contributed by atoms with Crippen molar-refractivity contribution in [2.75, 3.05) is 26.7 Å². The molecule has 2 heterocycles. The maximum absolute atomic E-state index is 13.0. The van der Waals surface area contributed by atoms with Gasteiger partial charge in [0.15, 0.2) is 0 Å². The number of piperazine rings is 1. The first-order valence-electron chi connectivity index (χ1n) is 9.82. The van der Waals surface area contributed by atoms with E-state index < -0.39 is 6.10 Å². The number of likely N-dealkylation sites (N-methyl/N-ethyl adjacent to an activating group) is 1. The smallest absolute Gasteiger partial charge is 0.242 e. The van der Waals surface area contributed by atoms with Crippen LogP contribution in [0, 0.1) is 6.92 Å². The summed E-state index contributed by atoms with van der Waals surface area (Å²) in [4.78, 5) is 32.9. The second-order valence-electron chi connectivity index (χ2n) is 7.76. The highest BCUT2D eigenvalue weighted by Crippen LogP contribution is 2.29. The Bertz CT molecular complexity index is 895. The number of aliphatic hydroxyl groups excluding tert-OH is 1. The third-order valence-corrected chi connectivity index (χ3v) is 6.11. The number of amides is 2. The first kappa shape index (κ1) is 18.9. The number of para-hydroxylation sites is 2. The summed E-state index contributed by atoms with van der Waals surface area (Å²) in [7, 11) is 1.76. The number of hydrogen-bond donors (Lipinski definition) is 2. The molecule has 150 valence electrons. The molecule has 3 atom stereocenters. The molecular formula is C20H27N5O3. The van der Waals surface area contributed by atoms with Crippen LogP contribution in [-0.2, 0) is 16.1 Å². The Labute approximate surface area is 164 Å². The van der Waals surface area contributed by atoms with Crippen LogP contribution in [0.3, 0.4) is 0 Å². The minimum atomic E-state index is -0.652. The Morgan fingerprint density at radius 2 is 2.14 bits per heavy atom. The number of hydrogen-bond acceptors (Lipinski definition) is 5. The second-order valence-corrected chi connectivity index (χ2v) is 7.76. The van der Waals surface area contributed by atoms with E-state index in [0.29, 0.717) is 13.1 Å². The molecule has 8 nitrogen and oxygen atoms in total. The van der Waals surface area contributed by atoms with Gasteiger partial charge in [-0.2, -0.15) is 0 Å². The Kier molecular flexibility index (Phi) is 5.07. The molecule has 28 heavy (non-hydrogen) atoms. The summed E-state index contributed by atoms with van der Waals surface area (Å²) in [6, 6.07) is 7.45. The largest absolute Gasteiger partial charge is 0.389 e. The van der Waals surface area contributed by atoms with Crippen molar-refractivity contribution in [2.45, 2.75) is 44.5 Å². The van der Waals surface area contributed by atoms with Crippen molar-refractivity contribution in [3.05, 3.63) is 30.1 Å².